The van der Waals surface area contributed by atoms with Crippen LogP contribution in [0.25, 0.3) is 22.0 Å². The van der Waals surface area contributed by atoms with Crippen LogP contribution < -0.4 is 9.80 Å². The zero-order valence-corrected chi connectivity index (χ0v) is 21.3. The summed E-state index contributed by atoms with van der Waals surface area (Å²) in [6.45, 7) is 2.59. The van der Waals surface area contributed by atoms with Gasteiger partial charge in [0.05, 0.1) is 16.1 Å². The van der Waals surface area contributed by atoms with Crippen molar-refractivity contribution in [2.75, 3.05) is 35.7 Å². The molecule has 0 bridgehead atoms. The number of thioether (sulfide) groups is 1. The molecule has 1 saturated heterocycles. The molecule has 0 amide bonds. The van der Waals surface area contributed by atoms with E-state index in [2.05, 4.69) is 9.97 Å². The van der Waals surface area contributed by atoms with Crippen molar-refractivity contribution in [3.8, 4) is 11.1 Å². The van der Waals surface area contributed by atoms with Crippen LogP contribution in [0.15, 0.2) is 47.6 Å². The second-order valence-electron chi connectivity index (χ2n) is 8.65. The largest absolute Gasteiger partial charge is 0.364 e. The molecule has 0 spiro atoms. The van der Waals surface area contributed by atoms with E-state index in [0.29, 0.717) is 39.4 Å². The molecule has 37 heavy (non-hydrogen) atoms. The van der Waals surface area contributed by atoms with Gasteiger partial charge in [-0.15, -0.1) is 11.8 Å². The number of nitrogens with zero attached hydrogens (tertiary/aromatic N) is 4. The Morgan fingerprint density at radius 3 is 2.35 bits per heavy atom. The van der Waals surface area contributed by atoms with Gasteiger partial charge >= 0.3 is 0 Å². The molecule has 3 aromatic carbocycles. The van der Waals surface area contributed by atoms with Crippen molar-refractivity contribution in [2.45, 2.75) is 17.9 Å². The summed E-state index contributed by atoms with van der Waals surface area (Å²) in [4.78, 5) is 12.0. The second kappa shape index (κ2) is 9.98. The Hall–Kier alpha value is -3.11. The lowest BCUT2D eigenvalue weighted by molar-refractivity contribution is 0.396. The standard InChI is InChI=1S/C26H20ClF5N4S/c1-13-11-35(24-22(31)20(29)21(30)23(32)25(24)37-2)7-8-36(13)26-16-9-17(27)15(10-19(16)33-12-34-26)14-5-3-4-6-18(14)28/h3-6,9-10,12-13H,7-8,11H2,1-2H3/t13-/m0/s1. The normalized spacial score (nSPS) is 16.1. The van der Waals surface area contributed by atoms with Crippen LogP contribution in [0.3, 0.4) is 0 Å². The minimum Gasteiger partial charge on any atom is -0.364 e. The molecule has 5 rings (SSSR count). The minimum absolute atomic E-state index is 0.196. The lowest BCUT2D eigenvalue weighted by Crippen LogP contribution is -2.53. The molecule has 1 aliphatic rings. The van der Waals surface area contributed by atoms with Gasteiger partial charge in [0.2, 0.25) is 0 Å². The van der Waals surface area contributed by atoms with E-state index >= 15 is 0 Å². The number of hydrogen-bond acceptors (Lipinski definition) is 5. The van der Waals surface area contributed by atoms with Gasteiger partial charge in [-0.3, -0.25) is 0 Å². The molecule has 1 aromatic heterocycles. The third-order valence-corrected chi connectivity index (χ3v) is 7.58. The van der Waals surface area contributed by atoms with Gasteiger partial charge in [-0.1, -0.05) is 29.8 Å². The number of rotatable bonds is 4. The third-order valence-electron chi connectivity index (χ3n) is 6.49. The molecule has 11 heteroatoms. The van der Waals surface area contributed by atoms with Crippen molar-refractivity contribution >= 4 is 45.8 Å². The molecule has 0 radical (unpaired) electrons. The summed E-state index contributed by atoms with van der Waals surface area (Å²) in [5, 5.41) is 0.964. The van der Waals surface area contributed by atoms with Crippen LogP contribution in [0, 0.1) is 29.1 Å². The number of halogens is 6. The maximum absolute atomic E-state index is 14.8. The molecule has 4 nitrogen and oxygen atoms in total. The van der Waals surface area contributed by atoms with E-state index in [9.17, 15) is 22.0 Å². The zero-order valence-electron chi connectivity index (χ0n) is 19.7. The van der Waals surface area contributed by atoms with Crippen LogP contribution in [0.4, 0.5) is 33.5 Å². The van der Waals surface area contributed by atoms with Crippen LogP contribution in [0.2, 0.25) is 5.02 Å². The summed E-state index contributed by atoms with van der Waals surface area (Å²) in [7, 11) is 0. The maximum Gasteiger partial charge on any atom is 0.199 e. The molecule has 4 aromatic rings. The number of anilines is 2. The summed E-state index contributed by atoms with van der Waals surface area (Å²) in [6, 6.07) is 9.41. The monoisotopic (exact) mass is 550 g/mol. The van der Waals surface area contributed by atoms with Crippen molar-refractivity contribution < 1.29 is 22.0 Å². The average molecular weight is 551 g/mol. The molecule has 1 atom stereocenters. The van der Waals surface area contributed by atoms with Crippen LogP contribution >= 0.6 is 23.4 Å². The van der Waals surface area contributed by atoms with Crippen LogP contribution in [0.1, 0.15) is 6.92 Å². The first kappa shape index (κ1) is 25.5. The summed E-state index contributed by atoms with van der Waals surface area (Å²) < 4.78 is 71.4. The van der Waals surface area contributed by atoms with E-state index in [-0.39, 0.29) is 29.7 Å². The SMILES string of the molecule is CSc1c(F)c(F)c(F)c(F)c1N1CCN(c2ncnc3cc(-c4ccccc4F)c(Cl)cc23)[C@@H](C)C1. The predicted molar refractivity (Wildman–Crippen MR) is 137 cm³/mol. The Morgan fingerprint density at radius 1 is 0.919 bits per heavy atom. The van der Waals surface area contributed by atoms with Crippen molar-refractivity contribution in [1.82, 2.24) is 9.97 Å². The Labute approximate surface area is 219 Å². The lowest BCUT2D eigenvalue weighted by Gasteiger charge is -2.42. The topological polar surface area (TPSA) is 32.3 Å². The fraction of sp³-hybridized carbons (Fsp3) is 0.231. The fourth-order valence-corrected chi connectivity index (χ4v) is 5.67. The van der Waals surface area contributed by atoms with Gasteiger partial charge in [-0.2, -0.15) is 0 Å². The van der Waals surface area contributed by atoms with Crippen LogP contribution in [-0.2, 0) is 0 Å². The minimum atomic E-state index is -1.83. The van der Waals surface area contributed by atoms with Crippen molar-refractivity contribution in [3.05, 3.63) is 76.8 Å². The number of fused-ring (bicyclic) bond motifs is 1. The van der Waals surface area contributed by atoms with Crippen molar-refractivity contribution in [1.29, 1.82) is 0 Å². The highest BCUT2D eigenvalue weighted by atomic mass is 35.5. The quantitative estimate of drug-likeness (QED) is 0.117. The van der Waals surface area contributed by atoms with E-state index in [1.54, 1.807) is 30.3 Å². The fourth-order valence-electron chi connectivity index (χ4n) is 4.72. The first-order valence-electron chi connectivity index (χ1n) is 11.3. The van der Waals surface area contributed by atoms with E-state index < -0.39 is 29.1 Å². The summed E-state index contributed by atoms with van der Waals surface area (Å²) in [5.41, 5.74) is 1.11. The van der Waals surface area contributed by atoms with Crippen LogP contribution in [-0.4, -0.2) is 41.9 Å². The first-order valence-corrected chi connectivity index (χ1v) is 12.9. The van der Waals surface area contributed by atoms with Gasteiger partial charge in [0, 0.05) is 47.2 Å². The summed E-state index contributed by atoms with van der Waals surface area (Å²) in [6.07, 6.45) is 2.87. The molecule has 2 heterocycles. The smallest absolute Gasteiger partial charge is 0.199 e. The molecule has 0 saturated carbocycles. The van der Waals surface area contributed by atoms with E-state index in [4.69, 9.17) is 11.6 Å². The molecule has 0 N–H and O–H groups in total. The highest BCUT2D eigenvalue weighted by molar-refractivity contribution is 7.98. The molecular formula is C26H20ClF5N4S. The highest BCUT2D eigenvalue weighted by Gasteiger charge is 2.33. The van der Waals surface area contributed by atoms with Crippen molar-refractivity contribution in [2.24, 2.45) is 0 Å². The maximum atomic E-state index is 14.8. The Balaban J connectivity index is 1.50. The van der Waals surface area contributed by atoms with Gasteiger partial charge < -0.3 is 9.80 Å². The molecule has 1 aliphatic heterocycles. The number of aromatic nitrogens is 2. The number of benzene rings is 3. The van der Waals surface area contributed by atoms with Crippen LogP contribution in [0.5, 0.6) is 0 Å². The summed E-state index contributed by atoms with van der Waals surface area (Å²) in [5.74, 6) is -6.31. The number of piperazine rings is 1. The van der Waals surface area contributed by atoms with Gasteiger partial charge in [0.1, 0.15) is 18.0 Å². The molecule has 0 unspecified atom stereocenters. The molecule has 192 valence electrons. The lowest BCUT2D eigenvalue weighted by atomic mass is 10.0. The second-order valence-corrected chi connectivity index (χ2v) is 9.88. The average Bonchev–Trinajstić information content (AvgIpc) is 2.89. The van der Waals surface area contributed by atoms with Gasteiger partial charge in [-0.05, 0) is 31.4 Å². The molecular weight excluding hydrogens is 531 g/mol. The van der Waals surface area contributed by atoms with Gasteiger partial charge in [0.25, 0.3) is 0 Å². The molecule has 0 aliphatic carbocycles. The molecule has 1 fully saturated rings. The zero-order chi connectivity index (χ0) is 26.4. The Bertz CT molecular complexity index is 1520. The highest BCUT2D eigenvalue weighted by Crippen LogP contribution is 2.40. The summed E-state index contributed by atoms with van der Waals surface area (Å²) >= 11 is 7.37. The first-order chi connectivity index (χ1) is 17.7. The Kier molecular flexibility index (Phi) is 6.89. The van der Waals surface area contributed by atoms with Gasteiger partial charge in [-0.25, -0.2) is 31.9 Å². The van der Waals surface area contributed by atoms with Gasteiger partial charge in [0.15, 0.2) is 23.3 Å². The Morgan fingerprint density at radius 2 is 1.65 bits per heavy atom. The number of hydrogen-bond donors (Lipinski definition) is 0. The third kappa shape index (κ3) is 4.35. The van der Waals surface area contributed by atoms with E-state index in [1.807, 2.05) is 11.8 Å². The van der Waals surface area contributed by atoms with E-state index in [0.717, 1.165) is 11.8 Å². The predicted octanol–water partition coefficient (Wildman–Crippen LogP) is 7.08. The van der Waals surface area contributed by atoms with E-state index in [1.165, 1.54) is 23.5 Å². The van der Waals surface area contributed by atoms with Crippen molar-refractivity contribution in [3.63, 3.8) is 0 Å².